The van der Waals surface area contributed by atoms with Gasteiger partial charge in [0.05, 0.1) is 49.6 Å². The Balaban J connectivity index is 0.00000235. The van der Waals surface area contributed by atoms with Gasteiger partial charge in [0.25, 0.3) is 0 Å². The monoisotopic (exact) mass is 632 g/mol. The molecule has 5 rings (SSSR count). The van der Waals surface area contributed by atoms with Gasteiger partial charge in [0, 0.05) is 6.42 Å². The summed E-state index contributed by atoms with van der Waals surface area (Å²) in [5.41, 5.74) is 23.8. The van der Waals surface area contributed by atoms with Gasteiger partial charge in [-0.05, 0) is 52.4 Å². The van der Waals surface area contributed by atoms with Gasteiger partial charge < -0.3 is 46.9 Å². The molecule has 2 saturated heterocycles. The van der Waals surface area contributed by atoms with Gasteiger partial charge in [0.15, 0.2) is 5.79 Å². The minimum absolute atomic E-state index is 0.0450. The van der Waals surface area contributed by atoms with Gasteiger partial charge in [-0.2, -0.15) is 0 Å². The van der Waals surface area contributed by atoms with E-state index in [-0.39, 0.29) is 18.9 Å². The summed E-state index contributed by atoms with van der Waals surface area (Å²) in [6, 6.07) is 17.0. The molecule has 0 aliphatic carbocycles. The lowest BCUT2D eigenvalue weighted by Crippen LogP contribution is -2.54. The Morgan fingerprint density at radius 3 is 1.91 bits per heavy atom. The number of methoxy groups -OCH3 is 1. The van der Waals surface area contributed by atoms with Gasteiger partial charge in [-0.3, -0.25) is 9.59 Å². The molecule has 246 valence electrons. The molecule has 46 heavy (non-hydrogen) atoms. The minimum Gasteiger partial charge on any atom is -0.453 e. The molecule has 0 radical (unpaired) electrons. The number of likely N-dealkylation sites (tertiary alicyclic amines) is 1. The van der Waals surface area contributed by atoms with Gasteiger partial charge in [0.2, 0.25) is 11.8 Å². The van der Waals surface area contributed by atoms with Crippen molar-refractivity contribution in [2.75, 3.05) is 49.4 Å². The van der Waals surface area contributed by atoms with Crippen LogP contribution in [0.1, 0.15) is 34.1 Å². The van der Waals surface area contributed by atoms with Crippen LogP contribution < -0.4 is 27.8 Å². The average molecular weight is 633 g/mol. The lowest BCUT2D eigenvalue weighted by atomic mass is 9.99. The van der Waals surface area contributed by atoms with E-state index in [2.05, 4.69) is 10.6 Å². The van der Waals surface area contributed by atoms with Crippen LogP contribution in [0.4, 0.5) is 27.5 Å². The largest absolute Gasteiger partial charge is 0.453 e. The third-order valence-electron chi connectivity index (χ3n) is 8.03. The zero-order chi connectivity index (χ0) is 33.6. The molecule has 1 spiro atoms. The van der Waals surface area contributed by atoms with E-state index in [4.69, 9.17) is 31.4 Å². The quantitative estimate of drug-likeness (QED) is 0.235. The van der Waals surface area contributed by atoms with Crippen molar-refractivity contribution in [1.82, 2.24) is 10.2 Å². The summed E-state index contributed by atoms with van der Waals surface area (Å²) in [4.78, 5) is 40.7. The van der Waals surface area contributed by atoms with Crippen LogP contribution in [0.15, 0.2) is 60.7 Å². The summed E-state index contributed by atoms with van der Waals surface area (Å²) in [5, 5.41) is 5.46. The molecule has 12 heteroatoms. The van der Waals surface area contributed by atoms with Crippen LogP contribution in [0, 0.1) is 5.92 Å². The Bertz CT molecular complexity index is 1550. The smallest absolute Gasteiger partial charge is 0.407 e. The first-order valence-corrected chi connectivity index (χ1v) is 15.4. The molecule has 0 aromatic heterocycles. The fraction of sp³-hybridized carbons (Fsp3) is 0.382. The predicted octanol–water partition coefficient (Wildman–Crippen LogP) is 4.46. The number of ether oxygens (including phenoxy) is 3. The van der Waals surface area contributed by atoms with Crippen molar-refractivity contribution in [2.24, 2.45) is 5.92 Å². The van der Waals surface area contributed by atoms with Crippen LogP contribution >= 0.6 is 0 Å². The van der Waals surface area contributed by atoms with Crippen LogP contribution in [0.25, 0.3) is 22.3 Å². The number of nitrogens with two attached hydrogens (primary N) is 3. The molecule has 3 aromatic carbocycles. The number of nitrogens with zero attached hydrogens (tertiary/aromatic N) is 1. The fourth-order valence-corrected chi connectivity index (χ4v) is 5.57. The number of carbonyl (C=O) groups excluding carboxylic acids is 3. The van der Waals surface area contributed by atoms with Gasteiger partial charge in [0.1, 0.15) is 12.1 Å². The molecule has 1 unspecified atom stereocenters. The minimum atomic E-state index is -1.09. The van der Waals surface area contributed by atoms with Gasteiger partial charge >= 0.3 is 6.09 Å². The molecule has 12 nitrogen and oxygen atoms in total. The zero-order valence-corrected chi connectivity index (χ0v) is 27.0. The number of hydrogen-bond donors (Lipinski definition) is 5. The summed E-state index contributed by atoms with van der Waals surface area (Å²) in [6.45, 7) is 8.35. The third kappa shape index (κ3) is 7.35. The topological polar surface area (TPSA) is 184 Å². The molecule has 2 aliphatic heterocycles. The molecule has 2 aliphatic rings. The van der Waals surface area contributed by atoms with Crippen LogP contribution in [0.2, 0.25) is 0 Å². The maximum absolute atomic E-state index is 13.7. The number of hydrogen-bond acceptors (Lipinski definition) is 9. The Morgan fingerprint density at radius 2 is 1.39 bits per heavy atom. The highest BCUT2D eigenvalue weighted by atomic mass is 16.7. The molecule has 3 aromatic rings. The number of benzene rings is 3. The maximum Gasteiger partial charge on any atom is 0.407 e. The molecule has 2 fully saturated rings. The lowest BCUT2D eigenvalue weighted by Gasteiger charge is -2.30. The van der Waals surface area contributed by atoms with Crippen molar-refractivity contribution >= 4 is 40.7 Å². The van der Waals surface area contributed by atoms with E-state index < -0.39 is 35.8 Å². The van der Waals surface area contributed by atoms with Crippen LogP contribution in [0.3, 0.4) is 0 Å². The van der Waals surface area contributed by atoms with Crippen LogP contribution in [0.5, 0.6) is 0 Å². The van der Waals surface area contributed by atoms with Crippen LogP contribution in [-0.4, -0.2) is 67.5 Å². The van der Waals surface area contributed by atoms with E-state index >= 15 is 0 Å². The van der Waals surface area contributed by atoms with Crippen molar-refractivity contribution in [3.63, 3.8) is 0 Å². The first-order valence-electron chi connectivity index (χ1n) is 15.4. The Kier molecular flexibility index (Phi) is 10.8. The van der Waals surface area contributed by atoms with Crippen LogP contribution in [-0.2, 0) is 23.8 Å². The number of nitrogens with one attached hydrogen (secondary N) is 2. The number of alkyl carbamates (subject to hydrolysis) is 1. The Labute approximate surface area is 269 Å². The second-order valence-electron chi connectivity index (χ2n) is 11.4. The zero-order valence-electron chi connectivity index (χ0n) is 27.0. The van der Waals surface area contributed by atoms with E-state index in [1.807, 2.05) is 56.3 Å². The molecular formula is C34H44N6O6. The Hall–Kier alpha value is -4.81. The number of anilines is 4. The van der Waals surface area contributed by atoms with E-state index in [1.54, 1.807) is 32.0 Å². The van der Waals surface area contributed by atoms with Crippen molar-refractivity contribution in [3.05, 3.63) is 60.7 Å². The van der Waals surface area contributed by atoms with Gasteiger partial charge in [-0.15, -0.1) is 0 Å². The molecule has 0 bridgehead atoms. The normalized spacial score (nSPS) is 17.3. The average Bonchev–Trinajstić information content (AvgIpc) is 3.69. The molecule has 2 heterocycles. The third-order valence-corrected chi connectivity index (χ3v) is 8.03. The van der Waals surface area contributed by atoms with Gasteiger partial charge in [-0.25, -0.2) is 4.79 Å². The molecule has 3 amide bonds. The maximum atomic E-state index is 13.7. The highest BCUT2D eigenvalue weighted by molar-refractivity contribution is 6.01. The Morgan fingerprint density at radius 1 is 0.848 bits per heavy atom. The number of rotatable bonds is 7. The van der Waals surface area contributed by atoms with Crippen molar-refractivity contribution in [2.45, 2.75) is 52.0 Å². The molecule has 8 N–H and O–H groups in total. The first kappa shape index (κ1) is 34.1. The summed E-state index contributed by atoms with van der Waals surface area (Å²) in [5.74, 6) is -2.24. The molecule has 0 saturated carbocycles. The second-order valence-corrected chi connectivity index (χ2v) is 11.4. The number of carbonyl (C=O) groups is 3. The van der Waals surface area contributed by atoms with E-state index in [0.29, 0.717) is 36.0 Å². The molecular weight excluding hydrogens is 588 g/mol. The summed E-state index contributed by atoms with van der Waals surface area (Å²) >= 11 is 0. The lowest BCUT2D eigenvalue weighted by molar-refractivity contribution is -0.153. The first-order chi connectivity index (χ1) is 22.0. The van der Waals surface area contributed by atoms with E-state index in [0.717, 1.165) is 22.3 Å². The highest BCUT2D eigenvalue weighted by Gasteiger charge is 2.53. The number of amides is 3. The van der Waals surface area contributed by atoms with Gasteiger partial charge in [-0.1, -0.05) is 64.1 Å². The summed E-state index contributed by atoms with van der Waals surface area (Å²) in [7, 11) is 1.22. The fourth-order valence-electron chi connectivity index (χ4n) is 5.57. The highest BCUT2D eigenvalue weighted by Crippen LogP contribution is 2.37. The second kappa shape index (κ2) is 14.5. The molecule has 2 atom stereocenters. The summed E-state index contributed by atoms with van der Waals surface area (Å²) < 4.78 is 16.4. The van der Waals surface area contributed by atoms with Crippen molar-refractivity contribution in [1.29, 1.82) is 0 Å². The SMILES string of the molecule is CC.COC(=O)NC(C(=O)N1CC2(C[C@H]1C(=O)Nc1ccc(-c3ccc(-c4ccc(N)c(N)c4)cc3)cc1N)OCCO2)C(C)C. The standard InChI is InChI=1S/C32H38N6O6.C2H6/c1-18(2)28(37-31(41)42-3)30(40)38-17-32(43-12-13-44-32)16-27(38)29(39)36-26-11-9-22(15-25(26)35)20-6-4-19(5-7-20)21-8-10-23(33)24(34)14-21;1-2/h4-11,14-15,18,27-28H,12-13,16-17,33-35H2,1-3H3,(H,36,39)(H,37,41);1-2H3/t27-,28?;/m0./s1. The van der Waals surface area contributed by atoms with E-state index in [1.165, 1.54) is 12.0 Å². The summed E-state index contributed by atoms with van der Waals surface area (Å²) in [6.07, 6.45) is -0.602. The van der Waals surface area contributed by atoms with E-state index in [9.17, 15) is 14.4 Å². The predicted molar refractivity (Wildman–Crippen MR) is 179 cm³/mol. The number of nitrogen functional groups attached to an aromatic ring is 3. The van der Waals surface area contributed by atoms with Crippen molar-refractivity contribution < 1.29 is 28.6 Å². The van der Waals surface area contributed by atoms with Crippen molar-refractivity contribution in [3.8, 4) is 22.3 Å².